The first-order valence-corrected chi connectivity index (χ1v) is 7.38. The van der Waals surface area contributed by atoms with Crippen molar-refractivity contribution in [1.29, 1.82) is 0 Å². The lowest BCUT2D eigenvalue weighted by Crippen LogP contribution is -2.51. The SMILES string of the molecule is O=CNC1(I)CCCCC1OCc1ccccc1. The van der Waals surface area contributed by atoms with E-state index in [9.17, 15) is 4.79 Å². The van der Waals surface area contributed by atoms with Gasteiger partial charge in [-0.2, -0.15) is 0 Å². The Balaban J connectivity index is 1.95. The van der Waals surface area contributed by atoms with Gasteiger partial charge in [-0.1, -0.05) is 65.8 Å². The van der Waals surface area contributed by atoms with Crippen LogP contribution in [0.15, 0.2) is 30.3 Å². The van der Waals surface area contributed by atoms with E-state index in [4.69, 9.17) is 4.74 Å². The molecule has 98 valence electrons. The van der Waals surface area contributed by atoms with Crippen molar-refractivity contribution in [3.05, 3.63) is 35.9 Å². The Hall–Kier alpha value is -0.620. The summed E-state index contributed by atoms with van der Waals surface area (Å²) in [5.41, 5.74) is 1.17. The van der Waals surface area contributed by atoms with Crippen LogP contribution >= 0.6 is 22.6 Å². The van der Waals surface area contributed by atoms with Crippen molar-refractivity contribution in [1.82, 2.24) is 5.32 Å². The molecule has 4 heteroatoms. The third kappa shape index (κ3) is 3.45. The first-order valence-electron chi connectivity index (χ1n) is 6.30. The van der Waals surface area contributed by atoms with Crippen molar-refractivity contribution in [3.63, 3.8) is 0 Å². The average Bonchev–Trinajstić information content (AvgIpc) is 2.39. The smallest absolute Gasteiger partial charge is 0.208 e. The molecule has 1 aromatic rings. The molecule has 0 radical (unpaired) electrons. The van der Waals surface area contributed by atoms with Gasteiger partial charge >= 0.3 is 0 Å². The predicted octanol–water partition coefficient (Wildman–Crippen LogP) is 3.02. The highest BCUT2D eigenvalue weighted by molar-refractivity contribution is 14.1. The van der Waals surface area contributed by atoms with Gasteiger partial charge in [-0.25, -0.2) is 0 Å². The normalized spacial score (nSPS) is 27.7. The summed E-state index contributed by atoms with van der Waals surface area (Å²) in [5.74, 6) is 0. The highest BCUT2D eigenvalue weighted by Gasteiger charge is 2.38. The lowest BCUT2D eigenvalue weighted by molar-refractivity contribution is -0.112. The summed E-state index contributed by atoms with van der Waals surface area (Å²) in [6.07, 6.45) is 5.19. The summed E-state index contributed by atoms with van der Waals surface area (Å²) >= 11 is 2.33. The van der Waals surface area contributed by atoms with Crippen LogP contribution in [-0.2, 0) is 16.1 Å². The van der Waals surface area contributed by atoms with Crippen molar-refractivity contribution in [2.45, 2.75) is 41.9 Å². The number of hydrogen-bond acceptors (Lipinski definition) is 2. The molecule has 0 heterocycles. The molecule has 1 aliphatic carbocycles. The summed E-state index contributed by atoms with van der Waals surface area (Å²) in [4.78, 5) is 10.7. The number of carbonyl (C=O) groups is 1. The number of nitrogens with one attached hydrogen (secondary N) is 1. The largest absolute Gasteiger partial charge is 0.370 e. The van der Waals surface area contributed by atoms with Crippen molar-refractivity contribution < 1.29 is 9.53 Å². The van der Waals surface area contributed by atoms with Gasteiger partial charge in [-0.3, -0.25) is 4.79 Å². The summed E-state index contributed by atoms with van der Waals surface area (Å²) < 4.78 is 5.76. The van der Waals surface area contributed by atoms with E-state index in [2.05, 4.69) is 40.0 Å². The number of benzene rings is 1. The van der Waals surface area contributed by atoms with Crippen LogP contribution in [0.25, 0.3) is 0 Å². The van der Waals surface area contributed by atoms with E-state index in [0.29, 0.717) is 6.61 Å². The molecule has 0 bridgehead atoms. The average molecular weight is 359 g/mol. The highest BCUT2D eigenvalue weighted by atomic mass is 127. The monoisotopic (exact) mass is 359 g/mol. The molecule has 0 saturated heterocycles. The van der Waals surface area contributed by atoms with Gasteiger partial charge in [0.05, 0.1) is 12.7 Å². The minimum atomic E-state index is -0.244. The molecule has 1 saturated carbocycles. The van der Waals surface area contributed by atoms with Crippen molar-refractivity contribution in [2.24, 2.45) is 0 Å². The van der Waals surface area contributed by atoms with Gasteiger partial charge in [-0.05, 0) is 18.4 Å². The Kier molecular flexibility index (Phi) is 5.00. The zero-order valence-corrected chi connectivity index (χ0v) is 12.4. The number of amides is 1. The fourth-order valence-corrected chi connectivity index (χ4v) is 3.35. The lowest BCUT2D eigenvalue weighted by Gasteiger charge is -2.39. The molecule has 18 heavy (non-hydrogen) atoms. The maximum atomic E-state index is 10.7. The number of hydrogen-bond donors (Lipinski definition) is 1. The number of halogens is 1. The fourth-order valence-electron chi connectivity index (χ4n) is 2.35. The number of ether oxygens (including phenoxy) is 1. The topological polar surface area (TPSA) is 38.3 Å². The number of alkyl halides is 1. The second kappa shape index (κ2) is 6.52. The molecule has 2 rings (SSSR count). The van der Waals surface area contributed by atoms with Gasteiger partial charge in [0, 0.05) is 0 Å². The maximum Gasteiger partial charge on any atom is 0.208 e. The predicted molar refractivity (Wildman–Crippen MR) is 79.4 cm³/mol. The van der Waals surface area contributed by atoms with E-state index >= 15 is 0 Å². The Morgan fingerprint density at radius 2 is 2.17 bits per heavy atom. The Morgan fingerprint density at radius 3 is 2.89 bits per heavy atom. The van der Waals surface area contributed by atoms with Crippen LogP contribution in [0.3, 0.4) is 0 Å². The summed E-state index contributed by atoms with van der Waals surface area (Å²) in [6, 6.07) is 10.2. The number of rotatable bonds is 5. The minimum Gasteiger partial charge on any atom is -0.370 e. The fraction of sp³-hybridized carbons (Fsp3) is 0.500. The molecule has 1 aliphatic rings. The van der Waals surface area contributed by atoms with Crippen LogP contribution < -0.4 is 5.32 Å². The molecule has 0 aliphatic heterocycles. The van der Waals surface area contributed by atoms with Crippen LogP contribution in [0.2, 0.25) is 0 Å². The summed E-state index contributed by atoms with van der Waals surface area (Å²) in [6.45, 7) is 0.608. The molecule has 1 N–H and O–H groups in total. The van der Waals surface area contributed by atoms with E-state index in [1.54, 1.807) is 0 Å². The number of carbonyl (C=O) groups excluding carboxylic acids is 1. The van der Waals surface area contributed by atoms with Gasteiger partial charge in [0.2, 0.25) is 6.41 Å². The van der Waals surface area contributed by atoms with Gasteiger partial charge in [0.25, 0.3) is 0 Å². The molecule has 0 spiro atoms. The standard InChI is InChI=1S/C14H18INO2/c15-14(16-11-17)9-5-4-8-13(14)18-10-12-6-2-1-3-7-12/h1-3,6-7,11,13H,4-5,8-10H2,(H,16,17). The first kappa shape index (κ1) is 13.8. The molecule has 2 atom stereocenters. The van der Waals surface area contributed by atoms with E-state index in [0.717, 1.165) is 25.7 Å². The zero-order valence-electron chi connectivity index (χ0n) is 10.3. The van der Waals surface area contributed by atoms with Gasteiger partial charge in [0.1, 0.15) is 3.55 Å². The summed E-state index contributed by atoms with van der Waals surface area (Å²) in [5, 5.41) is 2.93. The highest BCUT2D eigenvalue weighted by Crippen LogP contribution is 2.36. The maximum absolute atomic E-state index is 10.7. The zero-order chi connectivity index (χ0) is 12.8. The quantitative estimate of drug-likeness (QED) is 0.380. The van der Waals surface area contributed by atoms with Crippen molar-refractivity contribution in [2.75, 3.05) is 0 Å². The van der Waals surface area contributed by atoms with Crippen LogP contribution in [0.1, 0.15) is 31.2 Å². The van der Waals surface area contributed by atoms with Crippen LogP contribution in [0.5, 0.6) is 0 Å². The van der Waals surface area contributed by atoms with Gasteiger partial charge in [0.15, 0.2) is 0 Å². The molecule has 1 amide bonds. The lowest BCUT2D eigenvalue weighted by atomic mass is 9.92. The Labute approximate surface area is 121 Å². The minimum absolute atomic E-state index is 0.0947. The second-order valence-electron chi connectivity index (χ2n) is 4.66. The van der Waals surface area contributed by atoms with E-state index in [-0.39, 0.29) is 9.65 Å². The molecule has 1 fully saturated rings. The van der Waals surface area contributed by atoms with E-state index < -0.39 is 0 Å². The van der Waals surface area contributed by atoms with Crippen LogP contribution in [0.4, 0.5) is 0 Å². The summed E-state index contributed by atoms with van der Waals surface area (Å²) in [7, 11) is 0. The van der Waals surface area contributed by atoms with E-state index in [1.165, 1.54) is 12.0 Å². The molecular weight excluding hydrogens is 341 g/mol. The van der Waals surface area contributed by atoms with E-state index in [1.807, 2.05) is 18.2 Å². The van der Waals surface area contributed by atoms with Crippen LogP contribution in [-0.4, -0.2) is 16.1 Å². The van der Waals surface area contributed by atoms with Crippen molar-refractivity contribution >= 4 is 29.0 Å². The first-order chi connectivity index (χ1) is 8.74. The second-order valence-corrected chi connectivity index (χ2v) is 6.58. The third-order valence-electron chi connectivity index (χ3n) is 3.36. The Bertz CT molecular complexity index is 385. The third-order valence-corrected chi connectivity index (χ3v) is 4.91. The molecule has 1 aromatic carbocycles. The molecular formula is C14H18INO2. The van der Waals surface area contributed by atoms with Crippen molar-refractivity contribution in [3.8, 4) is 0 Å². The molecule has 0 aromatic heterocycles. The Morgan fingerprint density at radius 1 is 1.39 bits per heavy atom. The van der Waals surface area contributed by atoms with Crippen LogP contribution in [0, 0.1) is 0 Å². The van der Waals surface area contributed by atoms with Gasteiger partial charge < -0.3 is 10.1 Å². The molecule has 2 unspecified atom stereocenters. The molecule has 3 nitrogen and oxygen atoms in total. The van der Waals surface area contributed by atoms with Gasteiger partial charge in [-0.15, -0.1) is 0 Å².